The van der Waals surface area contributed by atoms with Gasteiger partial charge in [0.05, 0.1) is 11.9 Å². The molecule has 7 heteroatoms. The van der Waals surface area contributed by atoms with Crippen molar-refractivity contribution < 1.29 is 23.1 Å². The summed E-state index contributed by atoms with van der Waals surface area (Å²) in [6, 6.07) is 0. The van der Waals surface area contributed by atoms with Crippen molar-refractivity contribution in [3.63, 3.8) is 0 Å². The summed E-state index contributed by atoms with van der Waals surface area (Å²) in [7, 11) is -0.911. The molecule has 0 aliphatic heterocycles. The van der Waals surface area contributed by atoms with Gasteiger partial charge in [0, 0.05) is 14.2 Å². The number of aliphatic carboxylic acids is 1. The first kappa shape index (κ1) is 13.3. The summed E-state index contributed by atoms with van der Waals surface area (Å²) in [6.07, 6.45) is -0.448. The number of likely N-dealkylation sites (N-methyl/N-ethyl adjacent to an activating group) is 1. The summed E-state index contributed by atoms with van der Waals surface area (Å²) < 4.78 is 28.4. The highest BCUT2D eigenvalue weighted by atomic mass is 32.2. The molecule has 0 saturated carbocycles. The van der Waals surface area contributed by atoms with E-state index in [0.29, 0.717) is 0 Å². The third kappa shape index (κ3) is 4.54. The van der Waals surface area contributed by atoms with Crippen LogP contribution in [0.3, 0.4) is 0 Å². The summed E-state index contributed by atoms with van der Waals surface area (Å²) >= 11 is 0. The quantitative estimate of drug-likeness (QED) is 0.650. The molecule has 0 bridgehead atoms. The highest BCUT2D eigenvalue weighted by Crippen LogP contribution is 2.02. The van der Waals surface area contributed by atoms with Crippen molar-refractivity contribution in [3.05, 3.63) is 0 Å². The lowest BCUT2D eigenvalue weighted by Gasteiger charge is -2.17. The third-order valence-corrected chi connectivity index (χ3v) is 3.65. The zero-order valence-corrected chi connectivity index (χ0v) is 9.24. The van der Waals surface area contributed by atoms with E-state index in [2.05, 4.69) is 0 Å². The molecule has 84 valence electrons. The number of carboxylic acid groups (broad SMARTS) is 1. The topological polar surface area (TPSA) is 83.9 Å². The third-order valence-electron chi connectivity index (χ3n) is 1.68. The van der Waals surface area contributed by atoms with Gasteiger partial charge in [-0.3, -0.25) is 4.79 Å². The fourth-order valence-electron chi connectivity index (χ4n) is 0.781. The fourth-order valence-corrected chi connectivity index (χ4v) is 2.07. The van der Waals surface area contributed by atoms with Crippen molar-refractivity contribution >= 4 is 16.0 Å². The van der Waals surface area contributed by atoms with Crippen molar-refractivity contribution in [1.82, 2.24) is 4.31 Å². The van der Waals surface area contributed by atoms with Gasteiger partial charge in [-0.25, -0.2) is 8.42 Å². The second-order valence-electron chi connectivity index (χ2n) is 2.97. The van der Waals surface area contributed by atoms with E-state index in [1.54, 1.807) is 6.92 Å². The number of hydrogen-bond acceptors (Lipinski definition) is 4. The highest BCUT2D eigenvalue weighted by molar-refractivity contribution is 7.89. The SMILES string of the molecule is COC(C)CS(=O)(=O)N(C)CC(=O)O. The lowest BCUT2D eigenvalue weighted by molar-refractivity contribution is -0.137. The Morgan fingerprint density at radius 1 is 1.57 bits per heavy atom. The van der Waals surface area contributed by atoms with Gasteiger partial charge in [-0.05, 0) is 6.92 Å². The molecule has 0 rings (SSSR count). The van der Waals surface area contributed by atoms with Crippen molar-refractivity contribution in [2.45, 2.75) is 13.0 Å². The maximum absolute atomic E-state index is 11.4. The van der Waals surface area contributed by atoms with Crippen LogP contribution in [0.5, 0.6) is 0 Å². The molecule has 0 spiro atoms. The van der Waals surface area contributed by atoms with Crippen molar-refractivity contribution in [3.8, 4) is 0 Å². The lowest BCUT2D eigenvalue weighted by atomic mass is 10.5. The van der Waals surface area contributed by atoms with Gasteiger partial charge >= 0.3 is 5.97 Å². The van der Waals surface area contributed by atoms with Crippen molar-refractivity contribution in [2.24, 2.45) is 0 Å². The second kappa shape index (κ2) is 5.28. The number of methoxy groups -OCH3 is 1. The van der Waals surface area contributed by atoms with Gasteiger partial charge in [0.2, 0.25) is 10.0 Å². The van der Waals surface area contributed by atoms with E-state index in [-0.39, 0.29) is 5.75 Å². The van der Waals surface area contributed by atoms with E-state index in [4.69, 9.17) is 9.84 Å². The Morgan fingerprint density at radius 3 is 2.43 bits per heavy atom. The smallest absolute Gasteiger partial charge is 0.318 e. The minimum absolute atomic E-state index is 0.215. The Kier molecular flexibility index (Phi) is 5.03. The molecule has 0 aliphatic rings. The van der Waals surface area contributed by atoms with Crippen LogP contribution in [0.2, 0.25) is 0 Å². The highest BCUT2D eigenvalue weighted by Gasteiger charge is 2.22. The van der Waals surface area contributed by atoms with Gasteiger partial charge in [-0.15, -0.1) is 0 Å². The summed E-state index contributed by atoms with van der Waals surface area (Å²) in [5.74, 6) is -1.39. The Balaban J connectivity index is 4.39. The average molecular weight is 225 g/mol. The Hall–Kier alpha value is -0.660. The van der Waals surface area contributed by atoms with E-state index >= 15 is 0 Å². The van der Waals surface area contributed by atoms with Gasteiger partial charge in [-0.1, -0.05) is 0 Å². The van der Waals surface area contributed by atoms with E-state index in [1.807, 2.05) is 0 Å². The molecule has 0 aromatic carbocycles. The fraction of sp³-hybridized carbons (Fsp3) is 0.857. The maximum atomic E-state index is 11.4. The van der Waals surface area contributed by atoms with E-state index in [1.165, 1.54) is 14.2 Å². The van der Waals surface area contributed by atoms with Crippen LogP contribution < -0.4 is 0 Å². The predicted molar refractivity (Wildman–Crippen MR) is 50.5 cm³/mol. The lowest BCUT2D eigenvalue weighted by Crippen LogP contribution is -2.36. The number of nitrogens with zero attached hydrogens (tertiary/aromatic N) is 1. The number of rotatable bonds is 6. The zero-order valence-electron chi connectivity index (χ0n) is 8.43. The standard InChI is InChI=1S/C7H15NO5S/c1-6(13-3)5-14(11,12)8(2)4-7(9)10/h6H,4-5H2,1-3H3,(H,9,10). The Bertz CT molecular complexity index is 286. The largest absolute Gasteiger partial charge is 0.480 e. The van der Waals surface area contributed by atoms with Crippen LogP contribution in [-0.2, 0) is 19.6 Å². The zero-order chi connectivity index (χ0) is 11.4. The minimum atomic E-state index is -3.54. The van der Waals surface area contributed by atoms with E-state index in [9.17, 15) is 13.2 Å². The van der Waals surface area contributed by atoms with Crippen LogP contribution in [0.4, 0.5) is 0 Å². The number of hydrogen-bond donors (Lipinski definition) is 1. The molecular formula is C7H15NO5S. The number of sulfonamides is 1. The molecule has 0 radical (unpaired) electrons. The van der Waals surface area contributed by atoms with Crippen LogP contribution in [0, 0.1) is 0 Å². The molecule has 0 aromatic rings. The van der Waals surface area contributed by atoms with Crippen molar-refractivity contribution in [1.29, 1.82) is 0 Å². The minimum Gasteiger partial charge on any atom is -0.480 e. The molecule has 0 heterocycles. The molecule has 0 aromatic heterocycles. The Labute approximate surface area is 83.5 Å². The summed E-state index contributed by atoms with van der Waals surface area (Å²) in [5.41, 5.74) is 0. The Morgan fingerprint density at radius 2 is 2.07 bits per heavy atom. The maximum Gasteiger partial charge on any atom is 0.318 e. The van der Waals surface area contributed by atoms with Crippen LogP contribution in [0.15, 0.2) is 0 Å². The normalized spacial score (nSPS) is 14.3. The van der Waals surface area contributed by atoms with Gasteiger partial charge in [0.1, 0.15) is 6.54 Å². The molecule has 0 aliphatic carbocycles. The first-order valence-corrected chi connectivity index (χ1v) is 5.59. The van der Waals surface area contributed by atoms with E-state index in [0.717, 1.165) is 4.31 Å². The van der Waals surface area contributed by atoms with Crippen molar-refractivity contribution in [2.75, 3.05) is 26.5 Å². The number of ether oxygens (including phenoxy) is 1. The van der Waals surface area contributed by atoms with Gasteiger partial charge in [0.15, 0.2) is 0 Å². The second-order valence-corrected chi connectivity index (χ2v) is 5.10. The van der Waals surface area contributed by atoms with E-state index < -0.39 is 28.6 Å². The monoisotopic (exact) mass is 225 g/mol. The molecule has 6 nitrogen and oxygen atoms in total. The van der Waals surface area contributed by atoms with Crippen LogP contribution in [0.1, 0.15) is 6.92 Å². The van der Waals surface area contributed by atoms with Gasteiger partial charge in [-0.2, -0.15) is 4.31 Å². The molecular weight excluding hydrogens is 210 g/mol. The first-order valence-electron chi connectivity index (χ1n) is 3.98. The summed E-state index contributed by atoms with van der Waals surface area (Å²) in [4.78, 5) is 10.3. The average Bonchev–Trinajstić information content (AvgIpc) is 2.02. The van der Waals surface area contributed by atoms with Crippen LogP contribution in [0.25, 0.3) is 0 Å². The van der Waals surface area contributed by atoms with Crippen LogP contribution >= 0.6 is 0 Å². The molecule has 0 fully saturated rings. The molecule has 0 amide bonds. The molecule has 1 atom stereocenters. The molecule has 14 heavy (non-hydrogen) atoms. The molecule has 1 N–H and O–H groups in total. The summed E-state index contributed by atoms with van der Waals surface area (Å²) in [6.45, 7) is 1.07. The first-order chi connectivity index (χ1) is 6.29. The van der Waals surface area contributed by atoms with Gasteiger partial charge < -0.3 is 9.84 Å². The number of carboxylic acids is 1. The van der Waals surface area contributed by atoms with Gasteiger partial charge in [0.25, 0.3) is 0 Å². The van der Waals surface area contributed by atoms with Crippen LogP contribution in [-0.4, -0.2) is 56.4 Å². The predicted octanol–water partition coefficient (Wildman–Crippen LogP) is -0.632. The number of carbonyl (C=O) groups is 1. The molecule has 1 unspecified atom stereocenters. The molecule has 0 saturated heterocycles. The summed E-state index contributed by atoms with van der Waals surface area (Å²) in [5, 5.41) is 8.40.